The summed E-state index contributed by atoms with van der Waals surface area (Å²) in [6.45, 7) is 1.60. The van der Waals surface area contributed by atoms with Crippen LogP contribution >= 0.6 is 0 Å². The van der Waals surface area contributed by atoms with Gasteiger partial charge in [0.1, 0.15) is 5.75 Å². The molecule has 0 fully saturated rings. The average molecular weight is 376 g/mol. The normalized spacial score (nSPS) is 16.1. The number of esters is 1. The highest BCUT2D eigenvalue weighted by Crippen LogP contribution is 2.32. The molecule has 1 aliphatic heterocycles. The molecule has 0 aliphatic carbocycles. The fraction of sp³-hybridized carbons (Fsp3) is 0.176. The molecule has 0 saturated heterocycles. The van der Waals surface area contributed by atoms with Crippen LogP contribution in [0.25, 0.3) is 0 Å². The number of fused-ring (bicyclic) bond motifs is 1. The summed E-state index contributed by atoms with van der Waals surface area (Å²) in [5.41, 5.74) is 0.875. The van der Waals surface area contributed by atoms with Crippen LogP contribution in [0.2, 0.25) is 0 Å². The molecule has 2 N–H and O–H groups in total. The summed E-state index contributed by atoms with van der Waals surface area (Å²) in [4.78, 5) is 23.1. The van der Waals surface area contributed by atoms with Crippen molar-refractivity contribution in [3.8, 4) is 5.75 Å². The maximum Gasteiger partial charge on any atom is 0.337 e. The van der Waals surface area contributed by atoms with Crippen molar-refractivity contribution in [2.75, 3.05) is 17.1 Å². The third kappa shape index (κ3) is 3.47. The van der Waals surface area contributed by atoms with Crippen molar-refractivity contribution in [2.45, 2.75) is 17.9 Å². The number of benzene rings is 2. The van der Waals surface area contributed by atoms with Crippen LogP contribution in [0.3, 0.4) is 0 Å². The molecule has 0 bridgehead atoms. The SMILES string of the molecule is COC(=O)c1ccc(NS(=O)(=O)c2ccc3c(c2)NC(=O)C(C)O3)cc1. The zero-order valence-electron chi connectivity index (χ0n) is 14.0. The van der Waals surface area contributed by atoms with Gasteiger partial charge in [-0.3, -0.25) is 9.52 Å². The summed E-state index contributed by atoms with van der Waals surface area (Å²) >= 11 is 0. The smallest absolute Gasteiger partial charge is 0.337 e. The van der Waals surface area contributed by atoms with Crippen LogP contribution < -0.4 is 14.8 Å². The van der Waals surface area contributed by atoms with Crippen LogP contribution in [0.15, 0.2) is 47.4 Å². The number of nitrogens with one attached hydrogen (secondary N) is 2. The van der Waals surface area contributed by atoms with Crippen molar-refractivity contribution in [1.29, 1.82) is 0 Å². The predicted molar refractivity (Wildman–Crippen MR) is 93.8 cm³/mol. The monoisotopic (exact) mass is 376 g/mol. The van der Waals surface area contributed by atoms with E-state index in [4.69, 9.17) is 4.74 Å². The second-order valence-electron chi connectivity index (χ2n) is 5.58. The summed E-state index contributed by atoms with van der Waals surface area (Å²) in [7, 11) is -2.63. The van der Waals surface area contributed by atoms with E-state index < -0.39 is 22.1 Å². The van der Waals surface area contributed by atoms with Gasteiger partial charge in [0.15, 0.2) is 6.10 Å². The lowest BCUT2D eigenvalue weighted by Gasteiger charge is -2.23. The molecule has 0 spiro atoms. The lowest BCUT2D eigenvalue weighted by Crippen LogP contribution is -2.34. The number of amides is 1. The van der Waals surface area contributed by atoms with Gasteiger partial charge in [0.2, 0.25) is 0 Å². The number of sulfonamides is 1. The molecule has 2 aromatic rings. The second kappa shape index (κ2) is 6.68. The van der Waals surface area contributed by atoms with Crippen LogP contribution in [0, 0.1) is 0 Å². The molecule has 2 aromatic carbocycles. The highest BCUT2D eigenvalue weighted by Gasteiger charge is 2.25. The van der Waals surface area contributed by atoms with Gasteiger partial charge < -0.3 is 14.8 Å². The fourth-order valence-electron chi connectivity index (χ4n) is 2.36. The lowest BCUT2D eigenvalue weighted by molar-refractivity contribution is -0.122. The molecule has 26 heavy (non-hydrogen) atoms. The van der Waals surface area contributed by atoms with Gasteiger partial charge in [-0.25, -0.2) is 13.2 Å². The van der Waals surface area contributed by atoms with Crippen molar-refractivity contribution in [3.63, 3.8) is 0 Å². The molecule has 1 atom stereocenters. The zero-order valence-corrected chi connectivity index (χ0v) is 14.8. The third-order valence-electron chi connectivity index (χ3n) is 3.75. The maximum atomic E-state index is 12.6. The Labute approximate surface area is 150 Å². The van der Waals surface area contributed by atoms with Crippen LogP contribution in [-0.4, -0.2) is 33.5 Å². The van der Waals surface area contributed by atoms with E-state index in [-0.39, 0.29) is 22.2 Å². The van der Waals surface area contributed by atoms with Crippen LogP contribution in [0.1, 0.15) is 17.3 Å². The number of carbonyl (C=O) groups excluding carboxylic acids is 2. The Hall–Kier alpha value is -3.07. The van der Waals surface area contributed by atoms with Crippen molar-refractivity contribution >= 4 is 33.3 Å². The minimum atomic E-state index is -3.89. The van der Waals surface area contributed by atoms with E-state index in [0.717, 1.165) is 0 Å². The Morgan fingerprint density at radius 3 is 2.54 bits per heavy atom. The van der Waals surface area contributed by atoms with Gasteiger partial charge in [-0.05, 0) is 49.4 Å². The minimum absolute atomic E-state index is 0.0354. The molecule has 1 unspecified atom stereocenters. The van der Waals surface area contributed by atoms with Gasteiger partial charge in [0.25, 0.3) is 15.9 Å². The van der Waals surface area contributed by atoms with Crippen LogP contribution in [0.5, 0.6) is 5.75 Å². The van der Waals surface area contributed by atoms with E-state index in [2.05, 4.69) is 14.8 Å². The van der Waals surface area contributed by atoms with E-state index in [1.54, 1.807) is 6.92 Å². The molecular weight excluding hydrogens is 360 g/mol. The Morgan fingerprint density at radius 2 is 1.88 bits per heavy atom. The van der Waals surface area contributed by atoms with Crippen molar-refractivity contribution in [2.24, 2.45) is 0 Å². The van der Waals surface area contributed by atoms with E-state index in [1.807, 2.05) is 0 Å². The molecule has 1 heterocycles. The van der Waals surface area contributed by atoms with Crippen molar-refractivity contribution in [3.05, 3.63) is 48.0 Å². The number of anilines is 2. The summed E-state index contributed by atoms with van der Waals surface area (Å²) in [6.07, 6.45) is -0.642. The Morgan fingerprint density at radius 1 is 1.19 bits per heavy atom. The molecule has 0 saturated carbocycles. The van der Waals surface area contributed by atoms with Crippen molar-refractivity contribution in [1.82, 2.24) is 0 Å². The molecule has 1 amide bonds. The number of methoxy groups -OCH3 is 1. The van der Waals surface area contributed by atoms with Crippen LogP contribution in [-0.2, 0) is 19.6 Å². The van der Waals surface area contributed by atoms with E-state index in [9.17, 15) is 18.0 Å². The summed E-state index contributed by atoms with van der Waals surface area (Å²) in [5, 5.41) is 2.60. The van der Waals surface area contributed by atoms with Gasteiger partial charge in [-0.15, -0.1) is 0 Å². The first-order chi connectivity index (χ1) is 12.3. The second-order valence-corrected chi connectivity index (χ2v) is 7.26. The van der Waals surface area contributed by atoms with Gasteiger partial charge in [-0.2, -0.15) is 0 Å². The zero-order chi connectivity index (χ0) is 18.9. The van der Waals surface area contributed by atoms with Crippen LogP contribution in [0.4, 0.5) is 11.4 Å². The number of hydrogen-bond acceptors (Lipinski definition) is 6. The van der Waals surface area contributed by atoms with E-state index in [1.165, 1.54) is 49.6 Å². The highest BCUT2D eigenvalue weighted by molar-refractivity contribution is 7.92. The Bertz CT molecular complexity index is 969. The number of hydrogen-bond donors (Lipinski definition) is 2. The number of rotatable bonds is 4. The van der Waals surface area contributed by atoms with Gasteiger partial charge in [0, 0.05) is 5.69 Å². The summed E-state index contributed by atoms with van der Waals surface area (Å²) in [6, 6.07) is 10.0. The predicted octanol–water partition coefficient (Wildman–Crippen LogP) is 1.99. The molecule has 0 aromatic heterocycles. The lowest BCUT2D eigenvalue weighted by atomic mass is 10.2. The minimum Gasteiger partial charge on any atom is -0.479 e. The number of ether oxygens (including phenoxy) is 2. The molecule has 136 valence electrons. The molecule has 0 radical (unpaired) electrons. The fourth-order valence-corrected chi connectivity index (χ4v) is 3.45. The standard InChI is InChI=1S/C17H16N2O6S/c1-10-16(20)18-14-9-13(7-8-15(14)25-10)26(22,23)19-12-5-3-11(4-6-12)17(21)24-2/h3-10,19H,1-2H3,(H,18,20). The largest absolute Gasteiger partial charge is 0.479 e. The summed E-state index contributed by atoms with van der Waals surface area (Å²) in [5.74, 6) is -0.462. The highest BCUT2D eigenvalue weighted by atomic mass is 32.2. The topological polar surface area (TPSA) is 111 Å². The summed E-state index contributed by atoms with van der Waals surface area (Å²) < 4.78 is 37.5. The van der Waals surface area contributed by atoms with E-state index >= 15 is 0 Å². The number of carbonyl (C=O) groups is 2. The van der Waals surface area contributed by atoms with Gasteiger partial charge >= 0.3 is 5.97 Å². The Balaban J connectivity index is 1.83. The first-order valence-corrected chi connectivity index (χ1v) is 9.11. The molecular formula is C17H16N2O6S. The Kier molecular flexibility index (Phi) is 4.56. The van der Waals surface area contributed by atoms with Gasteiger partial charge in [-0.1, -0.05) is 0 Å². The third-order valence-corrected chi connectivity index (χ3v) is 5.13. The van der Waals surface area contributed by atoms with E-state index in [0.29, 0.717) is 11.3 Å². The average Bonchev–Trinajstić information content (AvgIpc) is 2.62. The molecule has 8 nitrogen and oxygen atoms in total. The molecule has 3 rings (SSSR count). The quantitative estimate of drug-likeness (QED) is 0.790. The maximum absolute atomic E-state index is 12.6. The first kappa shape index (κ1) is 17.7. The van der Waals surface area contributed by atoms with Gasteiger partial charge in [0.05, 0.1) is 23.3 Å². The molecule has 9 heteroatoms. The van der Waals surface area contributed by atoms with Crippen molar-refractivity contribution < 1.29 is 27.5 Å². The first-order valence-electron chi connectivity index (χ1n) is 7.63. The molecule has 1 aliphatic rings.